The zero-order chi connectivity index (χ0) is 41.8. The molecule has 0 amide bonds. The molecule has 330 valence electrons. The average molecular weight is 829 g/mol. The molecular formula is C48H72N6O6. The van der Waals surface area contributed by atoms with Crippen LogP contribution in [0.3, 0.4) is 0 Å². The van der Waals surface area contributed by atoms with E-state index in [2.05, 4.69) is 68.3 Å². The van der Waals surface area contributed by atoms with Crippen LogP contribution in [0, 0.1) is 0 Å². The molecule has 12 heteroatoms. The minimum Gasteiger partial charge on any atom is -0.496 e. The molecule has 6 heterocycles. The third-order valence-electron chi connectivity index (χ3n) is 13.7. The number of rotatable bonds is 6. The van der Waals surface area contributed by atoms with Crippen LogP contribution in [0.25, 0.3) is 0 Å². The van der Waals surface area contributed by atoms with E-state index in [4.69, 9.17) is 28.4 Å². The Kier molecular flexibility index (Phi) is 16.1. The topological polar surface area (TPSA) is 128 Å². The highest BCUT2D eigenvalue weighted by atomic mass is 16.5. The first kappa shape index (κ1) is 44.3. The fraction of sp³-hybridized carbons (Fsp3) is 0.625. The molecule has 6 atom stereocenters. The summed E-state index contributed by atoms with van der Waals surface area (Å²) in [5.41, 5.74) is 6.59. The van der Waals surface area contributed by atoms with Crippen molar-refractivity contribution in [3.8, 4) is 34.5 Å². The fourth-order valence-corrected chi connectivity index (χ4v) is 10.2. The first-order chi connectivity index (χ1) is 29.4. The Labute approximate surface area is 358 Å². The van der Waals surface area contributed by atoms with Gasteiger partial charge in [0.15, 0.2) is 0 Å². The molecule has 12 nitrogen and oxygen atoms in total. The highest BCUT2D eigenvalue weighted by molar-refractivity contribution is 5.49. The quantitative estimate of drug-likeness (QED) is 0.160. The number of benzene rings is 3. The van der Waals surface area contributed by atoms with Gasteiger partial charge in [-0.1, -0.05) is 38.5 Å². The fourth-order valence-electron chi connectivity index (χ4n) is 10.2. The molecule has 0 unspecified atom stereocenters. The van der Waals surface area contributed by atoms with Crippen molar-refractivity contribution in [3.63, 3.8) is 0 Å². The molecule has 3 aromatic carbocycles. The van der Waals surface area contributed by atoms with Gasteiger partial charge in [0.1, 0.15) is 34.5 Å². The molecule has 6 aliphatic heterocycles. The maximum Gasteiger partial charge on any atom is 0.123 e. The second-order valence-electron chi connectivity index (χ2n) is 17.2. The molecule has 0 radical (unpaired) electrons. The molecule has 60 heavy (non-hydrogen) atoms. The summed E-state index contributed by atoms with van der Waals surface area (Å²) in [5, 5.41) is 23.5. The van der Waals surface area contributed by atoms with Gasteiger partial charge in [0, 0.05) is 109 Å². The van der Waals surface area contributed by atoms with E-state index in [-0.39, 0.29) is 0 Å². The maximum absolute atomic E-state index is 6.02. The molecule has 3 aliphatic carbocycles. The molecule has 12 rings (SSSR count). The number of hydrogen-bond donors (Lipinski definition) is 6. The lowest BCUT2D eigenvalue weighted by Crippen LogP contribution is -2.49. The van der Waals surface area contributed by atoms with Crippen molar-refractivity contribution in [2.75, 3.05) is 42.7 Å². The van der Waals surface area contributed by atoms with Gasteiger partial charge in [0.25, 0.3) is 0 Å². The summed E-state index contributed by atoms with van der Waals surface area (Å²) in [5.74, 6) is 5.27. The predicted octanol–water partition coefficient (Wildman–Crippen LogP) is 6.62. The zero-order valence-corrected chi connectivity index (χ0v) is 37.1. The summed E-state index contributed by atoms with van der Waals surface area (Å²) >= 11 is 0. The monoisotopic (exact) mass is 829 g/mol. The minimum absolute atomic E-state index is 0.319. The summed E-state index contributed by atoms with van der Waals surface area (Å²) in [4.78, 5) is 0. The largest absolute Gasteiger partial charge is 0.496 e. The van der Waals surface area contributed by atoms with Crippen LogP contribution < -0.4 is 60.3 Å². The second-order valence-corrected chi connectivity index (χ2v) is 17.2. The van der Waals surface area contributed by atoms with Crippen molar-refractivity contribution in [1.82, 2.24) is 31.9 Å². The number of hydrogen-bond acceptors (Lipinski definition) is 12. The van der Waals surface area contributed by atoms with Crippen LogP contribution in [0.4, 0.5) is 0 Å². The van der Waals surface area contributed by atoms with Crippen molar-refractivity contribution >= 4 is 0 Å². The van der Waals surface area contributed by atoms with E-state index in [0.29, 0.717) is 75.5 Å². The van der Waals surface area contributed by atoms with Gasteiger partial charge in [0.2, 0.25) is 0 Å². The summed E-state index contributed by atoms with van der Waals surface area (Å²) in [7, 11) is 10.6. The molecule has 3 fully saturated rings. The standard InChI is InChI=1S/C48H72N6O6/c1-55-43-19-32-26-50-39-15-9-10-16-40(39)52-28-34-22-48(60-6)36(24-47(34)59-5)30-54-42-18-12-11-17-41(42)53-29-35-23-45(57-3)33(21-46(35)58-4)27-51-38-14-8-7-13-37(38)49-25-31(43)20-44(32)56-2/h19-24,37-42,49-54H,7-18,25-30H2,1-6H3/t37-,38-,39-,40-,41-,42-/m1/s1. The van der Waals surface area contributed by atoms with Crippen molar-refractivity contribution < 1.29 is 28.4 Å². The third kappa shape index (κ3) is 10.8. The molecule has 0 saturated heterocycles. The van der Waals surface area contributed by atoms with E-state index < -0.39 is 0 Å². The van der Waals surface area contributed by atoms with Crippen LogP contribution >= 0.6 is 0 Å². The van der Waals surface area contributed by atoms with Crippen LogP contribution in [0.5, 0.6) is 34.5 Å². The van der Waals surface area contributed by atoms with Gasteiger partial charge in [-0.3, -0.25) is 0 Å². The number of ether oxygens (including phenoxy) is 6. The van der Waals surface area contributed by atoms with Gasteiger partial charge in [-0.25, -0.2) is 0 Å². The van der Waals surface area contributed by atoms with Crippen LogP contribution in [-0.2, 0) is 39.3 Å². The van der Waals surface area contributed by atoms with Gasteiger partial charge < -0.3 is 60.3 Å². The van der Waals surface area contributed by atoms with Gasteiger partial charge in [-0.05, 0) is 74.9 Å². The Hall–Kier alpha value is -3.78. The smallest absolute Gasteiger partial charge is 0.123 e. The van der Waals surface area contributed by atoms with E-state index in [1.807, 2.05) is 0 Å². The molecule has 0 aromatic heterocycles. The third-order valence-corrected chi connectivity index (χ3v) is 13.7. The first-order valence-corrected chi connectivity index (χ1v) is 22.6. The number of nitrogens with one attached hydrogen (secondary N) is 6. The van der Waals surface area contributed by atoms with Gasteiger partial charge >= 0.3 is 0 Å². The lowest BCUT2D eigenvalue weighted by molar-refractivity contribution is 0.275. The molecule has 0 spiro atoms. The van der Waals surface area contributed by atoms with Crippen molar-refractivity contribution in [2.24, 2.45) is 0 Å². The van der Waals surface area contributed by atoms with Crippen molar-refractivity contribution in [1.29, 1.82) is 0 Å². The van der Waals surface area contributed by atoms with Crippen LogP contribution in [0.1, 0.15) is 110 Å². The lowest BCUT2D eigenvalue weighted by atomic mass is 9.89. The number of methoxy groups -OCH3 is 6. The molecule has 6 bridgehead atoms. The Morgan fingerprint density at radius 1 is 0.283 bits per heavy atom. The van der Waals surface area contributed by atoms with Gasteiger partial charge in [-0.15, -0.1) is 0 Å². The maximum atomic E-state index is 6.02. The van der Waals surface area contributed by atoms with Crippen molar-refractivity contribution in [3.05, 3.63) is 69.8 Å². The normalized spacial score (nSPS) is 25.9. The summed E-state index contributed by atoms with van der Waals surface area (Å²) < 4.78 is 36.1. The Balaban J connectivity index is 1.17. The predicted molar refractivity (Wildman–Crippen MR) is 238 cm³/mol. The first-order valence-electron chi connectivity index (χ1n) is 22.6. The average Bonchev–Trinajstić information content (AvgIpc) is 3.29. The van der Waals surface area contributed by atoms with Gasteiger partial charge in [0.05, 0.1) is 42.7 Å². The lowest BCUT2D eigenvalue weighted by Gasteiger charge is -2.34. The van der Waals surface area contributed by atoms with E-state index in [9.17, 15) is 0 Å². The highest BCUT2D eigenvalue weighted by Gasteiger charge is 2.29. The molecule has 3 aromatic rings. The van der Waals surface area contributed by atoms with E-state index in [1.165, 1.54) is 38.5 Å². The molecule has 6 N–H and O–H groups in total. The molecule has 9 aliphatic rings. The summed E-state index contributed by atoms with van der Waals surface area (Å²) in [6.07, 6.45) is 13.9. The summed E-state index contributed by atoms with van der Waals surface area (Å²) in [6, 6.07) is 14.9. The molecule has 3 saturated carbocycles. The van der Waals surface area contributed by atoms with E-state index in [0.717, 1.165) is 106 Å². The Bertz CT molecular complexity index is 1500. The van der Waals surface area contributed by atoms with E-state index >= 15 is 0 Å². The summed E-state index contributed by atoms with van der Waals surface area (Å²) in [6.45, 7) is 4.14. The Morgan fingerprint density at radius 2 is 0.433 bits per heavy atom. The van der Waals surface area contributed by atoms with Crippen molar-refractivity contribution in [2.45, 2.75) is 153 Å². The minimum atomic E-state index is 0.319. The van der Waals surface area contributed by atoms with Crippen LogP contribution in [0.15, 0.2) is 36.4 Å². The van der Waals surface area contributed by atoms with Crippen LogP contribution in [-0.4, -0.2) is 78.9 Å². The Morgan fingerprint density at radius 3 is 0.567 bits per heavy atom. The van der Waals surface area contributed by atoms with E-state index in [1.54, 1.807) is 42.7 Å². The van der Waals surface area contributed by atoms with Crippen LogP contribution in [0.2, 0.25) is 0 Å². The highest BCUT2D eigenvalue weighted by Crippen LogP contribution is 2.34. The van der Waals surface area contributed by atoms with Gasteiger partial charge in [-0.2, -0.15) is 0 Å². The zero-order valence-electron chi connectivity index (χ0n) is 37.1. The second kappa shape index (κ2) is 21.8. The molecular weight excluding hydrogens is 757 g/mol. The SMILES string of the molecule is COc1cc2c(OC)cc1CN[C@@H]1CCCC[C@H]1NCc1cc(OC)c(cc1OC)CN[C@@H]1CCCC[C@H]1NCc1cc(OC)c(cc1OC)CN[C@@H]1CCCC[C@H]1NC2.